The zero-order chi connectivity index (χ0) is 13.2. The van der Waals surface area contributed by atoms with Crippen LogP contribution in [0.3, 0.4) is 0 Å². The molecule has 1 fully saturated rings. The second-order valence-electron chi connectivity index (χ2n) is 6.13. The Bertz CT molecular complexity index is 478. The van der Waals surface area contributed by atoms with E-state index in [1.54, 1.807) is 0 Å². The van der Waals surface area contributed by atoms with Crippen molar-refractivity contribution in [3.63, 3.8) is 0 Å². The van der Waals surface area contributed by atoms with Gasteiger partial charge in [-0.15, -0.1) is 0 Å². The molecule has 0 aromatic heterocycles. The second-order valence-corrected chi connectivity index (χ2v) is 6.13. The minimum Gasteiger partial charge on any atom is -0.550 e. The van der Waals surface area contributed by atoms with E-state index in [4.69, 9.17) is 0 Å². The van der Waals surface area contributed by atoms with Crippen molar-refractivity contribution in [1.29, 1.82) is 0 Å². The standard InChI is InChI=1S/C17H22O2.Na/c18-17(19)11-12-6-8-16-14(10-12)7-9-15(16)13-4-2-1-3-5-13;/h6,8,10,13,15H,1-5,7,9,11H2,(H,18,19);/q;+1/p-1. The molecule has 1 aromatic carbocycles. The first-order valence-corrected chi connectivity index (χ1v) is 7.55. The van der Waals surface area contributed by atoms with E-state index < -0.39 is 5.97 Å². The zero-order valence-electron chi connectivity index (χ0n) is 12.4. The summed E-state index contributed by atoms with van der Waals surface area (Å²) in [5.74, 6) is 0.607. The molecule has 3 rings (SSSR count). The fourth-order valence-electron chi connectivity index (χ4n) is 4.01. The molecule has 2 aliphatic rings. The van der Waals surface area contributed by atoms with Gasteiger partial charge in [-0.1, -0.05) is 37.5 Å². The van der Waals surface area contributed by atoms with E-state index in [-0.39, 0.29) is 36.0 Å². The number of carbonyl (C=O) groups excluding carboxylic acids is 1. The van der Waals surface area contributed by atoms with Crippen molar-refractivity contribution in [3.8, 4) is 0 Å². The van der Waals surface area contributed by atoms with Crippen molar-refractivity contribution in [2.75, 3.05) is 0 Å². The summed E-state index contributed by atoms with van der Waals surface area (Å²) >= 11 is 0. The molecule has 1 saturated carbocycles. The fraction of sp³-hybridized carbons (Fsp3) is 0.588. The van der Waals surface area contributed by atoms with Crippen LogP contribution < -0.4 is 34.7 Å². The van der Waals surface area contributed by atoms with Crippen molar-refractivity contribution < 1.29 is 39.5 Å². The number of carboxylic acid groups (broad SMARTS) is 1. The first-order chi connectivity index (χ1) is 9.24. The molecular formula is C17H21NaO2. The molecule has 1 unspecified atom stereocenters. The Morgan fingerprint density at radius 1 is 1.15 bits per heavy atom. The van der Waals surface area contributed by atoms with Gasteiger partial charge in [-0.05, 0) is 54.2 Å². The summed E-state index contributed by atoms with van der Waals surface area (Å²) in [5.41, 5.74) is 3.77. The van der Waals surface area contributed by atoms with Gasteiger partial charge in [0.15, 0.2) is 0 Å². The minimum atomic E-state index is -0.984. The Kier molecular flexibility index (Phi) is 5.71. The number of benzene rings is 1. The summed E-state index contributed by atoms with van der Waals surface area (Å²) in [4.78, 5) is 10.7. The monoisotopic (exact) mass is 280 g/mol. The molecule has 0 heterocycles. The SMILES string of the molecule is O=C([O-])Cc1ccc2c(c1)CCC2C1CCCCC1.[Na+]. The van der Waals surface area contributed by atoms with Crippen molar-refractivity contribution in [1.82, 2.24) is 0 Å². The van der Waals surface area contributed by atoms with Crippen molar-refractivity contribution in [2.24, 2.45) is 5.92 Å². The molecule has 102 valence electrons. The Morgan fingerprint density at radius 3 is 2.60 bits per heavy atom. The van der Waals surface area contributed by atoms with Crippen LogP contribution in [0.2, 0.25) is 0 Å². The van der Waals surface area contributed by atoms with Crippen LogP contribution in [0.1, 0.15) is 61.1 Å². The summed E-state index contributed by atoms with van der Waals surface area (Å²) in [5, 5.41) is 10.7. The van der Waals surface area contributed by atoms with Gasteiger partial charge in [0, 0.05) is 12.4 Å². The number of carboxylic acids is 1. The zero-order valence-corrected chi connectivity index (χ0v) is 14.4. The molecule has 0 aliphatic heterocycles. The molecule has 0 amide bonds. The van der Waals surface area contributed by atoms with Crippen LogP contribution in [0.5, 0.6) is 0 Å². The molecule has 20 heavy (non-hydrogen) atoms. The molecular weight excluding hydrogens is 259 g/mol. The normalized spacial score (nSPS) is 22.1. The smallest absolute Gasteiger partial charge is 0.550 e. The third kappa shape index (κ3) is 3.47. The molecule has 1 aromatic rings. The summed E-state index contributed by atoms with van der Waals surface area (Å²) < 4.78 is 0. The second kappa shape index (κ2) is 7.11. The molecule has 3 heteroatoms. The van der Waals surface area contributed by atoms with Crippen LogP contribution in [0.15, 0.2) is 18.2 Å². The van der Waals surface area contributed by atoms with E-state index in [0.29, 0.717) is 0 Å². The number of aryl methyl sites for hydroxylation is 1. The average Bonchev–Trinajstić information content (AvgIpc) is 2.82. The summed E-state index contributed by atoms with van der Waals surface area (Å²) in [6, 6.07) is 6.25. The van der Waals surface area contributed by atoms with E-state index in [2.05, 4.69) is 12.1 Å². The molecule has 0 saturated heterocycles. The van der Waals surface area contributed by atoms with Crippen LogP contribution in [0, 0.1) is 5.92 Å². The fourth-order valence-corrected chi connectivity index (χ4v) is 4.01. The number of hydrogen-bond acceptors (Lipinski definition) is 2. The van der Waals surface area contributed by atoms with E-state index in [1.165, 1.54) is 49.7 Å². The summed E-state index contributed by atoms with van der Waals surface area (Å²) in [6.07, 6.45) is 9.36. The Labute approximate surface area is 143 Å². The minimum absolute atomic E-state index is 0. The van der Waals surface area contributed by atoms with Gasteiger partial charge in [-0.25, -0.2) is 0 Å². The van der Waals surface area contributed by atoms with Gasteiger partial charge in [0.1, 0.15) is 0 Å². The van der Waals surface area contributed by atoms with Gasteiger partial charge in [-0.2, -0.15) is 0 Å². The van der Waals surface area contributed by atoms with E-state index in [9.17, 15) is 9.90 Å². The maximum atomic E-state index is 10.7. The molecule has 1 atom stereocenters. The third-order valence-corrected chi connectivity index (χ3v) is 4.90. The Morgan fingerprint density at radius 2 is 1.90 bits per heavy atom. The largest absolute Gasteiger partial charge is 1.00 e. The maximum absolute atomic E-state index is 10.7. The van der Waals surface area contributed by atoms with Gasteiger partial charge in [0.05, 0.1) is 0 Å². The van der Waals surface area contributed by atoms with Gasteiger partial charge < -0.3 is 9.90 Å². The summed E-state index contributed by atoms with van der Waals surface area (Å²) in [7, 11) is 0. The van der Waals surface area contributed by atoms with Crippen LogP contribution >= 0.6 is 0 Å². The van der Waals surface area contributed by atoms with Crippen LogP contribution in [0.25, 0.3) is 0 Å². The van der Waals surface area contributed by atoms with E-state index in [0.717, 1.165) is 23.8 Å². The van der Waals surface area contributed by atoms with E-state index in [1.807, 2.05) is 6.07 Å². The van der Waals surface area contributed by atoms with Crippen LogP contribution in [-0.2, 0) is 17.6 Å². The first kappa shape index (κ1) is 16.1. The number of fused-ring (bicyclic) bond motifs is 1. The number of aliphatic carboxylic acids is 1. The van der Waals surface area contributed by atoms with Crippen LogP contribution in [0.4, 0.5) is 0 Å². The Hall–Kier alpha value is -0.310. The van der Waals surface area contributed by atoms with Crippen molar-refractivity contribution in [2.45, 2.75) is 57.3 Å². The molecule has 0 N–H and O–H groups in total. The van der Waals surface area contributed by atoms with Gasteiger partial charge in [-0.3, -0.25) is 0 Å². The van der Waals surface area contributed by atoms with Crippen molar-refractivity contribution in [3.05, 3.63) is 34.9 Å². The quantitative estimate of drug-likeness (QED) is 0.707. The molecule has 0 spiro atoms. The maximum Gasteiger partial charge on any atom is 1.00 e. The number of hydrogen-bond donors (Lipinski definition) is 0. The summed E-state index contributed by atoms with van der Waals surface area (Å²) in [6.45, 7) is 0. The third-order valence-electron chi connectivity index (χ3n) is 4.90. The number of carbonyl (C=O) groups is 1. The molecule has 2 nitrogen and oxygen atoms in total. The predicted octanol–water partition coefficient (Wildman–Crippen LogP) is -0.407. The van der Waals surface area contributed by atoms with Crippen molar-refractivity contribution >= 4 is 5.97 Å². The Balaban J connectivity index is 0.00000147. The molecule has 0 bridgehead atoms. The van der Waals surface area contributed by atoms with Gasteiger partial charge in [0.2, 0.25) is 0 Å². The number of rotatable bonds is 3. The van der Waals surface area contributed by atoms with E-state index >= 15 is 0 Å². The first-order valence-electron chi connectivity index (χ1n) is 7.55. The predicted molar refractivity (Wildman–Crippen MR) is 72.8 cm³/mol. The topological polar surface area (TPSA) is 40.1 Å². The molecule has 0 radical (unpaired) electrons. The average molecular weight is 280 g/mol. The molecule has 2 aliphatic carbocycles. The van der Waals surface area contributed by atoms with Gasteiger partial charge >= 0.3 is 29.6 Å². The van der Waals surface area contributed by atoms with Crippen LogP contribution in [-0.4, -0.2) is 5.97 Å². The van der Waals surface area contributed by atoms with Gasteiger partial charge in [0.25, 0.3) is 0 Å².